The van der Waals surface area contributed by atoms with Crippen molar-refractivity contribution < 1.29 is 0 Å². The minimum absolute atomic E-state index is 0.629. The first-order chi connectivity index (χ1) is 6.70. The van der Waals surface area contributed by atoms with Crippen LogP contribution in [0.5, 0.6) is 0 Å². The van der Waals surface area contributed by atoms with E-state index in [2.05, 4.69) is 32.8 Å². The highest BCUT2D eigenvalue weighted by atomic mass is 79.9. The lowest BCUT2D eigenvalue weighted by atomic mass is 10.1. The normalized spacial score (nSPS) is 10.8. The molecule has 4 heteroatoms. The molecule has 0 spiro atoms. The summed E-state index contributed by atoms with van der Waals surface area (Å²) < 4.78 is 0.629. The molecule has 1 aromatic heterocycles. The highest BCUT2D eigenvalue weighted by Gasteiger charge is 2.04. The summed E-state index contributed by atoms with van der Waals surface area (Å²) in [6.07, 6.45) is 0.873. The van der Waals surface area contributed by atoms with Gasteiger partial charge in [-0.3, -0.25) is 0 Å². The van der Waals surface area contributed by atoms with Gasteiger partial charge in [0.2, 0.25) is 0 Å². The molecule has 1 aromatic carbocycles. The van der Waals surface area contributed by atoms with E-state index in [9.17, 15) is 0 Å². The summed E-state index contributed by atoms with van der Waals surface area (Å²) in [5.74, 6) is 0. The van der Waals surface area contributed by atoms with E-state index in [-0.39, 0.29) is 0 Å². The Bertz CT molecular complexity index is 485. The average molecular weight is 272 g/mol. The highest BCUT2D eigenvalue weighted by molar-refractivity contribution is 9.10. The predicted molar refractivity (Wildman–Crippen MR) is 61.6 cm³/mol. The van der Waals surface area contributed by atoms with E-state index in [0.29, 0.717) is 4.73 Å². The summed E-state index contributed by atoms with van der Waals surface area (Å²) in [6.45, 7) is 2.06. The van der Waals surface area contributed by atoms with Gasteiger partial charge >= 0.3 is 0 Å². The monoisotopic (exact) mass is 270 g/mol. The summed E-state index contributed by atoms with van der Waals surface area (Å²) in [4.78, 5) is 8.58. The van der Waals surface area contributed by atoms with E-state index < -0.39 is 0 Å². The van der Waals surface area contributed by atoms with Gasteiger partial charge in [0, 0.05) is 10.4 Å². The Labute approximate surface area is 95.5 Å². The number of fused-ring (bicyclic) bond motifs is 1. The maximum absolute atomic E-state index is 5.92. The van der Waals surface area contributed by atoms with E-state index >= 15 is 0 Å². The van der Waals surface area contributed by atoms with Crippen molar-refractivity contribution in [3.63, 3.8) is 0 Å². The Hall–Kier alpha value is -0.670. The molecule has 14 heavy (non-hydrogen) atoms. The van der Waals surface area contributed by atoms with Gasteiger partial charge < -0.3 is 0 Å². The number of hydrogen-bond acceptors (Lipinski definition) is 2. The Kier molecular flexibility index (Phi) is 2.70. The number of benzene rings is 1. The van der Waals surface area contributed by atoms with Crippen molar-refractivity contribution in [3.05, 3.63) is 33.6 Å². The molecule has 2 rings (SSSR count). The average Bonchev–Trinajstić information content (AvgIpc) is 2.17. The standard InChI is InChI=1S/C10H8BrClN2/c1-2-8-7-5-6(12)3-4-9(7)14-10(11)13-8/h3-5H,2H2,1H3. The number of rotatable bonds is 1. The minimum Gasteiger partial charge on any atom is -0.227 e. The molecule has 0 atom stereocenters. The summed E-state index contributed by atoms with van der Waals surface area (Å²) in [5.41, 5.74) is 1.94. The van der Waals surface area contributed by atoms with Crippen LogP contribution < -0.4 is 0 Å². The fraction of sp³-hybridized carbons (Fsp3) is 0.200. The van der Waals surface area contributed by atoms with Crippen molar-refractivity contribution in [2.45, 2.75) is 13.3 Å². The molecular weight excluding hydrogens is 263 g/mol. The van der Waals surface area contributed by atoms with Gasteiger partial charge in [0.15, 0.2) is 4.73 Å². The molecule has 0 saturated carbocycles. The lowest BCUT2D eigenvalue weighted by Gasteiger charge is -2.03. The first-order valence-electron chi connectivity index (χ1n) is 4.32. The third-order valence-electron chi connectivity index (χ3n) is 2.04. The van der Waals surface area contributed by atoms with Crippen LogP contribution in [0.15, 0.2) is 22.9 Å². The quantitative estimate of drug-likeness (QED) is 0.741. The first-order valence-corrected chi connectivity index (χ1v) is 5.49. The fourth-order valence-corrected chi connectivity index (χ4v) is 1.98. The van der Waals surface area contributed by atoms with Crippen molar-refractivity contribution in [1.82, 2.24) is 9.97 Å². The van der Waals surface area contributed by atoms with E-state index in [1.54, 1.807) is 0 Å². The van der Waals surface area contributed by atoms with Crippen LogP contribution in [0.3, 0.4) is 0 Å². The van der Waals surface area contributed by atoms with Crippen molar-refractivity contribution >= 4 is 38.4 Å². The molecule has 0 aliphatic rings. The van der Waals surface area contributed by atoms with Crippen molar-refractivity contribution in [1.29, 1.82) is 0 Å². The predicted octanol–water partition coefficient (Wildman–Crippen LogP) is 3.61. The molecule has 0 N–H and O–H groups in total. The van der Waals surface area contributed by atoms with Crippen LogP contribution in [0.2, 0.25) is 5.02 Å². The van der Waals surface area contributed by atoms with Crippen LogP contribution in [-0.4, -0.2) is 9.97 Å². The lowest BCUT2D eigenvalue weighted by Crippen LogP contribution is -1.93. The number of nitrogens with zero attached hydrogens (tertiary/aromatic N) is 2. The van der Waals surface area contributed by atoms with Crippen LogP contribution >= 0.6 is 27.5 Å². The van der Waals surface area contributed by atoms with Gasteiger partial charge in [-0.15, -0.1) is 0 Å². The fourth-order valence-electron chi connectivity index (χ4n) is 1.40. The van der Waals surface area contributed by atoms with Crippen LogP contribution in [-0.2, 0) is 6.42 Å². The number of hydrogen-bond donors (Lipinski definition) is 0. The summed E-state index contributed by atoms with van der Waals surface area (Å²) in [5, 5.41) is 1.75. The third kappa shape index (κ3) is 1.74. The first kappa shape index (κ1) is 9.87. The van der Waals surface area contributed by atoms with Gasteiger partial charge in [-0.25, -0.2) is 9.97 Å². The van der Waals surface area contributed by atoms with E-state index in [1.807, 2.05) is 18.2 Å². The van der Waals surface area contributed by atoms with Gasteiger partial charge in [0.1, 0.15) is 0 Å². The van der Waals surface area contributed by atoms with Gasteiger partial charge in [0.05, 0.1) is 11.2 Å². The molecule has 0 aliphatic heterocycles. The Balaban J connectivity index is 2.81. The highest BCUT2D eigenvalue weighted by Crippen LogP contribution is 2.22. The minimum atomic E-state index is 0.629. The maximum atomic E-state index is 5.92. The molecule has 0 radical (unpaired) electrons. The molecule has 72 valence electrons. The molecule has 2 aromatic rings. The van der Waals surface area contributed by atoms with E-state index in [4.69, 9.17) is 11.6 Å². The summed E-state index contributed by atoms with van der Waals surface area (Å²) in [7, 11) is 0. The van der Waals surface area contributed by atoms with Crippen LogP contribution in [0, 0.1) is 0 Å². The Morgan fingerprint density at radius 1 is 1.36 bits per heavy atom. The molecule has 0 fully saturated rings. The van der Waals surface area contributed by atoms with Crippen molar-refractivity contribution in [3.8, 4) is 0 Å². The molecule has 0 saturated heterocycles. The largest absolute Gasteiger partial charge is 0.227 e. The molecule has 0 aliphatic carbocycles. The van der Waals surface area contributed by atoms with E-state index in [1.165, 1.54) is 0 Å². The van der Waals surface area contributed by atoms with Crippen molar-refractivity contribution in [2.24, 2.45) is 0 Å². The molecule has 0 bridgehead atoms. The van der Waals surface area contributed by atoms with Gasteiger partial charge in [-0.1, -0.05) is 18.5 Å². The Morgan fingerprint density at radius 2 is 2.14 bits per heavy atom. The smallest absolute Gasteiger partial charge is 0.197 e. The molecule has 1 heterocycles. The zero-order chi connectivity index (χ0) is 10.1. The second kappa shape index (κ2) is 3.83. The van der Waals surface area contributed by atoms with Crippen molar-refractivity contribution in [2.75, 3.05) is 0 Å². The molecule has 0 unspecified atom stereocenters. The molecular formula is C10H8BrClN2. The zero-order valence-electron chi connectivity index (χ0n) is 7.59. The molecule has 0 amide bonds. The second-order valence-electron chi connectivity index (χ2n) is 2.95. The molecule has 2 nitrogen and oxygen atoms in total. The zero-order valence-corrected chi connectivity index (χ0v) is 9.93. The Morgan fingerprint density at radius 3 is 2.86 bits per heavy atom. The van der Waals surface area contributed by atoms with Gasteiger partial charge in [-0.2, -0.15) is 0 Å². The lowest BCUT2D eigenvalue weighted by molar-refractivity contribution is 1.01. The summed E-state index contributed by atoms with van der Waals surface area (Å²) >= 11 is 9.21. The third-order valence-corrected chi connectivity index (χ3v) is 2.63. The van der Waals surface area contributed by atoms with Crippen LogP contribution in [0.25, 0.3) is 10.9 Å². The SMILES string of the molecule is CCc1nc(Br)nc2ccc(Cl)cc12. The van der Waals surface area contributed by atoms with Gasteiger partial charge in [0.25, 0.3) is 0 Å². The number of aryl methyl sites for hydroxylation is 1. The maximum Gasteiger partial charge on any atom is 0.197 e. The van der Waals surface area contributed by atoms with Crippen LogP contribution in [0.4, 0.5) is 0 Å². The topological polar surface area (TPSA) is 25.8 Å². The van der Waals surface area contributed by atoms with Crippen LogP contribution in [0.1, 0.15) is 12.6 Å². The number of halogens is 2. The van der Waals surface area contributed by atoms with Gasteiger partial charge in [-0.05, 0) is 40.5 Å². The summed E-state index contributed by atoms with van der Waals surface area (Å²) in [6, 6.07) is 5.65. The van der Waals surface area contributed by atoms with E-state index in [0.717, 1.165) is 28.0 Å². The second-order valence-corrected chi connectivity index (χ2v) is 4.10. The number of aromatic nitrogens is 2.